The lowest BCUT2D eigenvalue weighted by Crippen LogP contribution is -2.01. The van der Waals surface area contributed by atoms with Crippen molar-refractivity contribution in [1.29, 1.82) is 0 Å². The molecule has 4 aromatic rings. The van der Waals surface area contributed by atoms with Crippen LogP contribution in [0.3, 0.4) is 0 Å². The highest BCUT2D eigenvalue weighted by Gasteiger charge is 2.24. The van der Waals surface area contributed by atoms with Crippen molar-refractivity contribution in [2.75, 3.05) is 0 Å². The fourth-order valence-electron chi connectivity index (χ4n) is 5.80. The Morgan fingerprint density at radius 2 is 0.700 bits per heavy atom. The molecule has 0 radical (unpaired) electrons. The van der Waals surface area contributed by atoms with Gasteiger partial charge in [0.1, 0.15) is 11.6 Å². The topological polar surface area (TPSA) is 29.6 Å². The van der Waals surface area contributed by atoms with Crippen molar-refractivity contribution in [3.8, 4) is 0 Å². The van der Waals surface area contributed by atoms with Gasteiger partial charge in [0.25, 0.3) is 0 Å². The lowest BCUT2D eigenvalue weighted by Gasteiger charge is -2.23. The number of hydrogen-bond acceptors (Lipinski definition) is 2. The van der Waals surface area contributed by atoms with Gasteiger partial charge in [0.05, 0.1) is 0 Å². The summed E-state index contributed by atoms with van der Waals surface area (Å²) < 4.78 is 2.01. The third kappa shape index (κ3) is 2.21. The first-order valence-corrected chi connectivity index (χ1v) is 10.5. The van der Waals surface area contributed by atoms with Crippen molar-refractivity contribution < 1.29 is 0 Å². The Labute approximate surface area is 179 Å². The van der Waals surface area contributed by atoms with Crippen LogP contribution < -0.4 is 0 Å². The van der Waals surface area contributed by atoms with Crippen LogP contribution in [0.4, 0.5) is 11.6 Å². The smallest absolute Gasteiger partial charge is 0.141 e. The molecule has 0 aliphatic carbocycles. The normalized spacial score (nSPS) is 11.8. The number of rotatable bonds is 2. The van der Waals surface area contributed by atoms with Crippen LogP contribution in [0.25, 0.3) is 32.3 Å². The molecular formula is C27H31N3. The zero-order valence-corrected chi connectivity index (χ0v) is 19.8. The van der Waals surface area contributed by atoms with Crippen LogP contribution in [-0.2, 0) is 7.05 Å². The largest absolute Gasteiger partial charge is 0.313 e. The molecule has 0 amide bonds. The quantitative estimate of drug-likeness (QED) is 0.246. The van der Waals surface area contributed by atoms with Crippen LogP contribution in [-0.4, -0.2) is 18.0 Å². The Bertz CT molecular complexity index is 1340. The number of fused-ring (bicyclic) bond motifs is 3. The van der Waals surface area contributed by atoms with E-state index in [4.69, 9.17) is 0 Å². The molecule has 0 saturated heterocycles. The second-order valence-corrected chi connectivity index (χ2v) is 8.77. The molecule has 0 aliphatic heterocycles. The maximum absolute atomic E-state index is 4.37. The van der Waals surface area contributed by atoms with Gasteiger partial charge < -0.3 is 4.57 Å². The minimum atomic E-state index is 0.861. The number of hydrogen-bond donors (Lipinski definition) is 0. The maximum Gasteiger partial charge on any atom is 0.141 e. The van der Waals surface area contributed by atoms with E-state index in [1.807, 2.05) is 11.6 Å². The summed E-state index contributed by atoms with van der Waals surface area (Å²) in [7, 11) is 1.99. The van der Waals surface area contributed by atoms with E-state index >= 15 is 0 Å². The van der Waals surface area contributed by atoms with E-state index in [1.165, 1.54) is 66.1 Å². The SMILES string of the molecule is C=Nc1c2c(C)c3c(C)c4c(C)c(C)c(C)c(C)c4c(C)c3c(C)c2c(N=C)n1C. The van der Waals surface area contributed by atoms with Gasteiger partial charge in [-0.25, -0.2) is 9.98 Å². The van der Waals surface area contributed by atoms with Crippen molar-refractivity contribution in [1.82, 2.24) is 4.57 Å². The highest BCUT2D eigenvalue weighted by molar-refractivity contribution is 6.19. The Morgan fingerprint density at radius 1 is 0.433 bits per heavy atom. The monoisotopic (exact) mass is 397 g/mol. The van der Waals surface area contributed by atoms with Crippen molar-refractivity contribution in [3.05, 3.63) is 44.5 Å². The number of benzene rings is 3. The fourth-order valence-corrected chi connectivity index (χ4v) is 5.80. The van der Waals surface area contributed by atoms with Gasteiger partial charge in [0.15, 0.2) is 0 Å². The third-order valence-electron chi connectivity index (χ3n) is 7.57. The van der Waals surface area contributed by atoms with Crippen LogP contribution in [0.5, 0.6) is 0 Å². The van der Waals surface area contributed by atoms with Gasteiger partial charge in [-0.3, -0.25) is 0 Å². The van der Waals surface area contributed by atoms with E-state index < -0.39 is 0 Å². The highest BCUT2D eigenvalue weighted by Crippen LogP contribution is 2.48. The van der Waals surface area contributed by atoms with Crippen LogP contribution in [0.1, 0.15) is 44.5 Å². The predicted octanol–water partition coefficient (Wildman–Crippen LogP) is 7.62. The average molecular weight is 398 g/mol. The molecule has 0 spiro atoms. The molecule has 4 rings (SSSR count). The van der Waals surface area contributed by atoms with E-state index in [0.717, 1.165) is 22.4 Å². The van der Waals surface area contributed by atoms with Crippen LogP contribution in [0, 0.1) is 55.4 Å². The van der Waals surface area contributed by atoms with Gasteiger partial charge in [0, 0.05) is 17.8 Å². The molecule has 1 heterocycles. The zero-order chi connectivity index (χ0) is 22.2. The van der Waals surface area contributed by atoms with E-state index in [-0.39, 0.29) is 0 Å². The molecular weight excluding hydrogens is 366 g/mol. The van der Waals surface area contributed by atoms with Crippen LogP contribution >= 0.6 is 0 Å². The summed E-state index contributed by atoms with van der Waals surface area (Å²) in [6, 6.07) is 0. The number of aliphatic imine (C=N–C) groups is 2. The molecule has 0 aliphatic rings. The van der Waals surface area contributed by atoms with Crippen LogP contribution in [0.2, 0.25) is 0 Å². The minimum absolute atomic E-state index is 0.861. The third-order valence-corrected chi connectivity index (χ3v) is 7.57. The summed E-state index contributed by atoms with van der Waals surface area (Å²) in [6.07, 6.45) is 0. The lowest BCUT2D eigenvalue weighted by molar-refractivity contribution is 0.931. The van der Waals surface area contributed by atoms with Crippen LogP contribution in [0.15, 0.2) is 9.98 Å². The van der Waals surface area contributed by atoms with Crippen molar-refractivity contribution >= 4 is 57.4 Å². The Balaban J connectivity index is 2.48. The van der Waals surface area contributed by atoms with E-state index in [2.05, 4.69) is 78.8 Å². The first kappa shape index (κ1) is 20.3. The van der Waals surface area contributed by atoms with Gasteiger partial charge in [-0.1, -0.05) is 0 Å². The van der Waals surface area contributed by atoms with E-state index in [0.29, 0.717) is 0 Å². The predicted molar refractivity (Wildman–Crippen MR) is 134 cm³/mol. The molecule has 3 heteroatoms. The standard InChI is InChI=1S/C27H31N3/c1-12-13(2)15(4)21-17(6)23-19(8)25-24(26(28-9)30(11)27(25)29-10)18(7)22(23)16(5)20(21)14(12)3/h9-10H2,1-8,11H3. The highest BCUT2D eigenvalue weighted by atomic mass is 15.1. The molecule has 0 saturated carbocycles. The molecule has 0 unspecified atom stereocenters. The summed E-state index contributed by atoms with van der Waals surface area (Å²) >= 11 is 0. The fraction of sp³-hybridized carbons (Fsp3) is 0.333. The van der Waals surface area contributed by atoms with Gasteiger partial charge in [-0.2, -0.15) is 0 Å². The van der Waals surface area contributed by atoms with Gasteiger partial charge in [-0.15, -0.1) is 0 Å². The summed E-state index contributed by atoms with van der Waals surface area (Å²) in [5.74, 6) is 1.72. The second kappa shape index (κ2) is 6.53. The second-order valence-electron chi connectivity index (χ2n) is 8.77. The molecule has 1 aromatic heterocycles. The van der Waals surface area contributed by atoms with Gasteiger partial charge >= 0.3 is 0 Å². The summed E-state index contributed by atoms with van der Waals surface area (Å²) in [4.78, 5) is 8.75. The number of aromatic nitrogens is 1. The minimum Gasteiger partial charge on any atom is -0.313 e. The molecule has 0 fully saturated rings. The Hall–Kier alpha value is -2.94. The molecule has 154 valence electrons. The molecule has 0 bridgehead atoms. The average Bonchev–Trinajstić information content (AvgIpc) is 3.01. The first-order chi connectivity index (χ1) is 14.1. The summed E-state index contributed by atoms with van der Waals surface area (Å²) in [6.45, 7) is 25.7. The number of nitrogens with zero attached hydrogens (tertiary/aromatic N) is 3. The Morgan fingerprint density at radius 3 is 1.00 bits per heavy atom. The molecule has 3 nitrogen and oxygen atoms in total. The van der Waals surface area contributed by atoms with Gasteiger partial charge in [-0.05, 0) is 135 Å². The van der Waals surface area contributed by atoms with Crippen molar-refractivity contribution in [2.24, 2.45) is 17.0 Å². The molecule has 30 heavy (non-hydrogen) atoms. The van der Waals surface area contributed by atoms with Gasteiger partial charge in [0.2, 0.25) is 0 Å². The maximum atomic E-state index is 4.37. The lowest BCUT2D eigenvalue weighted by atomic mass is 9.81. The molecule has 0 atom stereocenters. The van der Waals surface area contributed by atoms with Crippen molar-refractivity contribution in [3.63, 3.8) is 0 Å². The van der Waals surface area contributed by atoms with E-state index in [9.17, 15) is 0 Å². The first-order valence-electron chi connectivity index (χ1n) is 10.5. The summed E-state index contributed by atoms with van der Waals surface area (Å²) in [5.41, 5.74) is 10.7. The molecule has 0 N–H and O–H groups in total. The van der Waals surface area contributed by atoms with E-state index in [1.54, 1.807) is 0 Å². The molecule has 3 aromatic carbocycles. The van der Waals surface area contributed by atoms with Crippen molar-refractivity contribution in [2.45, 2.75) is 55.4 Å². The Kier molecular flexibility index (Phi) is 4.43. The summed E-state index contributed by atoms with van der Waals surface area (Å²) in [5, 5.41) is 7.74. The zero-order valence-electron chi connectivity index (χ0n) is 19.8. The number of aryl methyl sites for hydroxylation is 6.